The second-order valence-electron chi connectivity index (χ2n) is 6.45. The van der Waals surface area contributed by atoms with Gasteiger partial charge in [0.25, 0.3) is 5.91 Å². The van der Waals surface area contributed by atoms with Crippen molar-refractivity contribution in [3.8, 4) is 11.5 Å². The van der Waals surface area contributed by atoms with Crippen LogP contribution in [0.4, 0.5) is 0 Å². The van der Waals surface area contributed by atoms with E-state index in [4.69, 9.17) is 9.26 Å². The lowest BCUT2D eigenvalue weighted by Crippen LogP contribution is -2.26. The van der Waals surface area contributed by atoms with Gasteiger partial charge in [0.1, 0.15) is 23.9 Å². The van der Waals surface area contributed by atoms with Gasteiger partial charge in [-0.1, -0.05) is 23.4 Å². The lowest BCUT2D eigenvalue weighted by Gasteiger charge is -2.18. The monoisotopic (exact) mass is 366 g/mol. The molecule has 1 amide bonds. The predicted molar refractivity (Wildman–Crippen MR) is 101 cm³/mol. The van der Waals surface area contributed by atoms with Crippen molar-refractivity contribution in [3.63, 3.8) is 0 Å². The lowest BCUT2D eigenvalue weighted by atomic mass is 10.1. The maximum Gasteiger partial charge on any atom is 0.254 e. The van der Waals surface area contributed by atoms with E-state index in [2.05, 4.69) is 5.16 Å². The molecule has 140 valence electrons. The van der Waals surface area contributed by atoms with E-state index in [9.17, 15) is 9.90 Å². The number of hydrogen-bond donors (Lipinski definition) is 1. The Morgan fingerprint density at radius 3 is 2.67 bits per heavy atom. The van der Waals surface area contributed by atoms with Crippen LogP contribution in [0.15, 0.2) is 53.1 Å². The number of amides is 1. The second kappa shape index (κ2) is 7.95. The Balaban J connectivity index is 1.67. The van der Waals surface area contributed by atoms with Crippen LogP contribution < -0.4 is 4.74 Å². The van der Waals surface area contributed by atoms with Gasteiger partial charge in [0.2, 0.25) is 0 Å². The topological polar surface area (TPSA) is 75.8 Å². The van der Waals surface area contributed by atoms with Crippen LogP contribution >= 0.6 is 0 Å². The minimum absolute atomic E-state index is 0.124. The summed E-state index contributed by atoms with van der Waals surface area (Å²) in [5, 5.41) is 13.5. The minimum atomic E-state index is -0.124. The fourth-order valence-corrected chi connectivity index (χ4v) is 2.80. The number of carbonyl (C=O) groups is 1. The summed E-state index contributed by atoms with van der Waals surface area (Å²) in [5.74, 6) is 1.39. The second-order valence-corrected chi connectivity index (χ2v) is 6.45. The molecule has 6 heteroatoms. The highest BCUT2D eigenvalue weighted by atomic mass is 16.5. The number of aryl methyl sites for hydroxylation is 2. The quantitative estimate of drug-likeness (QED) is 0.717. The number of benzene rings is 2. The number of rotatable bonds is 6. The van der Waals surface area contributed by atoms with E-state index < -0.39 is 0 Å². The molecule has 27 heavy (non-hydrogen) atoms. The minimum Gasteiger partial charge on any atom is -0.508 e. The van der Waals surface area contributed by atoms with Gasteiger partial charge in [-0.25, -0.2) is 0 Å². The van der Waals surface area contributed by atoms with Gasteiger partial charge in [-0.2, -0.15) is 0 Å². The third-order valence-electron chi connectivity index (χ3n) is 4.32. The van der Waals surface area contributed by atoms with Crippen LogP contribution in [-0.2, 0) is 13.2 Å². The van der Waals surface area contributed by atoms with Gasteiger partial charge in [0.05, 0.1) is 11.3 Å². The molecule has 0 fully saturated rings. The van der Waals surface area contributed by atoms with Crippen LogP contribution in [0.25, 0.3) is 0 Å². The Kier molecular flexibility index (Phi) is 5.45. The van der Waals surface area contributed by atoms with Gasteiger partial charge in [-0.15, -0.1) is 0 Å². The zero-order valence-corrected chi connectivity index (χ0v) is 15.6. The molecule has 1 heterocycles. The smallest absolute Gasteiger partial charge is 0.254 e. The average molecular weight is 366 g/mol. The van der Waals surface area contributed by atoms with E-state index in [0.29, 0.717) is 24.5 Å². The van der Waals surface area contributed by atoms with E-state index >= 15 is 0 Å². The fourth-order valence-electron chi connectivity index (χ4n) is 2.80. The largest absolute Gasteiger partial charge is 0.508 e. The van der Waals surface area contributed by atoms with Crippen molar-refractivity contribution in [2.24, 2.45) is 0 Å². The molecule has 0 bridgehead atoms. The lowest BCUT2D eigenvalue weighted by molar-refractivity contribution is 0.0784. The van der Waals surface area contributed by atoms with Gasteiger partial charge >= 0.3 is 0 Å². The summed E-state index contributed by atoms with van der Waals surface area (Å²) >= 11 is 0. The standard InChI is InChI=1S/C21H22N2O4/c1-14-20(15(2)27-22-14)13-26-19-9-5-7-17(11-19)21(25)23(3)12-16-6-4-8-18(24)10-16/h4-11,24H,12-13H2,1-3H3. The summed E-state index contributed by atoms with van der Waals surface area (Å²) in [6, 6.07) is 13.9. The van der Waals surface area contributed by atoms with E-state index in [1.54, 1.807) is 48.3 Å². The summed E-state index contributed by atoms with van der Waals surface area (Å²) in [6.45, 7) is 4.44. The van der Waals surface area contributed by atoms with E-state index in [-0.39, 0.29) is 11.7 Å². The number of phenols is 1. The van der Waals surface area contributed by atoms with Gasteiger partial charge in [0, 0.05) is 19.2 Å². The molecule has 0 radical (unpaired) electrons. The molecule has 0 atom stereocenters. The van der Waals surface area contributed by atoms with Crippen molar-refractivity contribution in [1.29, 1.82) is 0 Å². The molecule has 3 rings (SSSR count). The molecule has 3 aromatic rings. The zero-order valence-electron chi connectivity index (χ0n) is 15.6. The zero-order chi connectivity index (χ0) is 19.4. The van der Waals surface area contributed by atoms with Crippen LogP contribution in [0.5, 0.6) is 11.5 Å². The highest BCUT2D eigenvalue weighted by Gasteiger charge is 2.14. The Hall–Kier alpha value is -3.28. The molecular formula is C21H22N2O4. The van der Waals surface area contributed by atoms with Crippen molar-refractivity contribution in [3.05, 3.63) is 76.7 Å². The maximum atomic E-state index is 12.7. The predicted octanol–water partition coefficient (Wildman–Crippen LogP) is 3.85. The Labute approximate surface area is 158 Å². The molecule has 1 aromatic heterocycles. The maximum absolute atomic E-state index is 12.7. The summed E-state index contributed by atoms with van der Waals surface area (Å²) in [7, 11) is 1.73. The molecule has 0 saturated carbocycles. The van der Waals surface area contributed by atoms with Crippen molar-refractivity contribution in [1.82, 2.24) is 10.1 Å². The van der Waals surface area contributed by atoms with Crippen LogP contribution in [0.2, 0.25) is 0 Å². The third-order valence-corrected chi connectivity index (χ3v) is 4.32. The molecule has 0 aliphatic carbocycles. The van der Waals surface area contributed by atoms with Crippen LogP contribution in [0.3, 0.4) is 0 Å². The van der Waals surface area contributed by atoms with E-state index in [1.165, 1.54) is 0 Å². The van der Waals surface area contributed by atoms with Crippen molar-refractivity contribution in [2.45, 2.75) is 27.0 Å². The molecular weight excluding hydrogens is 344 g/mol. The molecule has 1 N–H and O–H groups in total. The van der Waals surface area contributed by atoms with Crippen LogP contribution in [0, 0.1) is 13.8 Å². The number of ether oxygens (including phenoxy) is 1. The molecule has 0 spiro atoms. The Morgan fingerprint density at radius 1 is 1.19 bits per heavy atom. The van der Waals surface area contributed by atoms with Crippen LogP contribution in [-0.4, -0.2) is 28.1 Å². The Morgan fingerprint density at radius 2 is 1.96 bits per heavy atom. The van der Waals surface area contributed by atoms with Crippen molar-refractivity contribution < 1.29 is 19.2 Å². The fraction of sp³-hybridized carbons (Fsp3) is 0.238. The molecule has 0 aliphatic rings. The average Bonchev–Trinajstić information content (AvgIpc) is 2.97. The normalized spacial score (nSPS) is 10.6. The molecule has 6 nitrogen and oxygen atoms in total. The summed E-state index contributed by atoms with van der Waals surface area (Å²) in [4.78, 5) is 14.3. The third kappa shape index (κ3) is 4.47. The number of hydrogen-bond acceptors (Lipinski definition) is 5. The van der Waals surface area contributed by atoms with Crippen LogP contribution in [0.1, 0.15) is 32.9 Å². The SMILES string of the molecule is Cc1noc(C)c1COc1cccc(C(=O)N(C)Cc2cccc(O)c2)c1. The first-order valence-corrected chi connectivity index (χ1v) is 8.62. The van der Waals surface area contributed by atoms with E-state index in [1.807, 2.05) is 26.0 Å². The first-order valence-electron chi connectivity index (χ1n) is 8.62. The van der Waals surface area contributed by atoms with Crippen molar-refractivity contribution >= 4 is 5.91 Å². The molecule has 0 unspecified atom stereocenters. The summed E-state index contributed by atoms with van der Waals surface area (Å²) in [5.41, 5.74) is 3.10. The summed E-state index contributed by atoms with van der Waals surface area (Å²) < 4.78 is 10.9. The first-order chi connectivity index (χ1) is 12.9. The number of nitrogens with zero attached hydrogens (tertiary/aromatic N) is 2. The van der Waals surface area contributed by atoms with Gasteiger partial charge in [-0.05, 0) is 49.7 Å². The van der Waals surface area contributed by atoms with Crippen molar-refractivity contribution in [2.75, 3.05) is 7.05 Å². The number of carbonyl (C=O) groups excluding carboxylic acids is 1. The Bertz CT molecular complexity index is 929. The first kappa shape index (κ1) is 18.5. The van der Waals surface area contributed by atoms with E-state index in [0.717, 1.165) is 22.6 Å². The highest BCUT2D eigenvalue weighted by Crippen LogP contribution is 2.20. The number of phenolic OH excluding ortho intramolecular Hbond substituents is 1. The number of aromatic nitrogens is 1. The van der Waals surface area contributed by atoms with Gasteiger partial charge in [-0.3, -0.25) is 4.79 Å². The van der Waals surface area contributed by atoms with Gasteiger partial charge in [0.15, 0.2) is 0 Å². The number of aromatic hydroxyl groups is 1. The molecule has 0 aliphatic heterocycles. The highest BCUT2D eigenvalue weighted by molar-refractivity contribution is 5.94. The van der Waals surface area contributed by atoms with Gasteiger partial charge < -0.3 is 19.3 Å². The summed E-state index contributed by atoms with van der Waals surface area (Å²) in [6.07, 6.45) is 0. The molecule has 2 aromatic carbocycles. The molecule has 0 saturated heterocycles.